The lowest BCUT2D eigenvalue weighted by atomic mass is 10.2. The molecule has 2 aromatic carbocycles. The number of methoxy groups -OCH3 is 1. The van der Waals surface area contributed by atoms with Gasteiger partial charge in [0.2, 0.25) is 5.91 Å². The molecule has 10 heteroatoms. The molecule has 1 heterocycles. The van der Waals surface area contributed by atoms with Gasteiger partial charge in [-0.2, -0.15) is 10.2 Å². The number of aromatic nitrogens is 3. The highest BCUT2D eigenvalue weighted by Gasteiger charge is 2.07. The number of hydrazone groups is 1. The van der Waals surface area contributed by atoms with Crippen LogP contribution in [0.15, 0.2) is 63.2 Å². The highest BCUT2D eigenvalue weighted by molar-refractivity contribution is 5.83. The van der Waals surface area contributed by atoms with E-state index in [1.807, 2.05) is 30.3 Å². The monoisotopic (exact) mass is 437 g/mol. The van der Waals surface area contributed by atoms with Gasteiger partial charge in [-0.1, -0.05) is 30.3 Å². The van der Waals surface area contributed by atoms with Crippen molar-refractivity contribution in [1.82, 2.24) is 20.6 Å². The van der Waals surface area contributed by atoms with E-state index in [0.717, 1.165) is 6.42 Å². The van der Waals surface area contributed by atoms with Gasteiger partial charge in [0.15, 0.2) is 11.5 Å². The van der Waals surface area contributed by atoms with E-state index < -0.39 is 17.2 Å². The van der Waals surface area contributed by atoms with Crippen molar-refractivity contribution in [2.45, 2.75) is 19.3 Å². The molecule has 1 amide bonds. The molecule has 10 nitrogen and oxygen atoms in total. The lowest BCUT2D eigenvalue weighted by molar-refractivity contribution is -0.121. The molecule has 0 fully saturated rings. The Morgan fingerprint density at radius 2 is 1.94 bits per heavy atom. The van der Waals surface area contributed by atoms with Gasteiger partial charge in [-0.3, -0.25) is 14.6 Å². The number of hydrogen-bond acceptors (Lipinski definition) is 7. The molecule has 0 aliphatic carbocycles. The Morgan fingerprint density at radius 1 is 1.12 bits per heavy atom. The fraction of sp³-hybridized carbons (Fsp3) is 0.227. The number of benzene rings is 2. The van der Waals surface area contributed by atoms with E-state index in [9.17, 15) is 14.4 Å². The van der Waals surface area contributed by atoms with Gasteiger partial charge in [0, 0.05) is 19.3 Å². The van der Waals surface area contributed by atoms with Crippen LogP contribution < -0.4 is 26.1 Å². The zero-order valence-corrected chi connectivity index (χ0v) is 17.5. The number of H-pyrrole nitrogens is 2. The minimum absolute atomic E-state index is 0.0169. The Balaban J connectivity index is 1.49. The van der Waals surface area contributed by atoms with Crippen molar-refractivity contribution in [1.29, 1.82) is 0 Å². The molecule has 0 atom stereocenters. The Bertz CT molecular complexity index is 1190. The average Bonchev–Trinajstić information content (AvgIpc) is 2.80. The molecule has 0 aliphatic heterocycles. The van der Waals surface area contributed by atoms with Crippen LogP contribution in [0.2, 0.25) is 0 Å². The van der Waals surface area contributed by atoms with Gasteiger partial charge in [0.25, 0.3) is 5.56 Å². The van der Waals surface area contributed by atoms with Crippen molar-refractivity contribution in [2.75, 3.05) is 13.7 Å². The molecule has 0 radical (unpaired) electrons. The number of nitrogens with one attached hydrogen (secondary N) is 3. The molecule has 3 rings (SSSR count). The molecule has 0 aliphatic rings. The predicted molar refractivity (Wildman–Crippen MR) is 118 cm³/mol. The number of carbonyl (C=O) groups is 1. The summed E-state index contributed by atoms with van der Waals surface area (Å²) < 4.78 is 11.2. The summed E-state index contributed by atoms with van der Waals surface area (Å²) in [4.78, 5) is 36.5. The molecule has 0 saturated carbocycles. The summed E-state index contributed by atoms with van der Waals surface area (Å²) in [5, 5.41) is 9.65. The number of rotatable bonds is 10. The number of aromatic amines is 2. The van der Waals surface area contributed by atoms with Gasteiger partial charge in [0.1, 0.15) is 5.69 Å². The van der Waals surface area contributed by atoms with E-state index in [0.29, 0.717) is 23.7 Å². The summed E-state index contributed by atoms with van der Waals surface area (Å²) in [5.74, 6) is 0.765. The molecule has 0 saturated heterocycles. The molecule has 0 bridgehead atoms. The average molecular weight is 437 g/mol. The largest absolute Gasteiger partial charge is 0.493 e. The predicted octanol–water partition coefficient (Wildman–Crippen LogP) is 1.17. The summed E-state index contributed by atoms with van der Waals surface area (Å²) >= 11 is 0. The molecule has 32 heavy (non-hydrogen) atoms. The first-order chi connectivity index (χ1) is 15.5. The first-order valence-electron chi connectivity index (χ1n) is 9.89. The molecule has 0 spiro atoms. The van der Waals surface area contributed by atoms with Crippen molar-refractivity contribution in [2.24, 2.45) is 5.10 Å². The third-order valence-corrected chi connectivity index (χ3v) is 4.45. The summed E-state index contributed by atoms with van der Waals surface area (Å²) in [6, 6.07) is 15.4. The van der Waals surface area contributed by atoms with Crippen molar-refractivity contribution >= 4 is 12.1 Å². The number of carbonyl (C=O) groups excluding carboxylic acids is 1. The Kier molecular flexibility index (Phi) is 7.90. The number of amides is 1. The molecular formula is C22H23N5O5. The number of hydrogen-bond donors (Lipinski definition) is 3. The SMILES string of the molecule is COc1cc(/C=N/NC(=O)CCc2n[nH]c(=O)[nH]c2=O)ccc1OCCc1ccccc1. The molecule has 1 aromatic heterocycles. The zero-order chi connectivity index (χ0) is 22.8. The number of ether oxygens (including phenoxy) is 2. The van der Waals surface area contributed by atoms with Gasteiger partial charge < -0.3 is 9.47 Å². The van der Waals surface area contributed by atoms with Crippen LogP contribution >= 0.6 is 0 Å². The molecule has 3 aromatic rings. The molecule has 166 valence electrons. The van der Waals surface area contributed by atoms with Crippen LogP contribution in [-0.4, -0.2) is 41.0 Å². The fourth-order valence-electron chi connectivity index (χ4n) is 2.82. The van der Waals surface area contributed by atoms with Gasteiger partial charge in [-0.05, 0) is 29.3 Å². The summed E-state index contributed by atoms with van der Waals surface area (Å²) in [7, 11) is 1.55. The van der Waals surface area contributed by atoms with Crippen LogP contribution in [0.3, 0.4) is 0 Å². The lowest BCUT2D eigenvalue weighted by Gasteiger charge is -2.11. The van der Waals surface area contributed by atoms with Crippen LogP contribution in [0.5, 0.6) is 11.5 Å². The Hall–Kier alpha value is -4.21. The topological polar surface area (TPSA) is 139 Å². The summed E-state index contributed by atoms with van der Waals surface area (Å²) in [5.41, 5.74) is 3.02. The highest BCUT2D eigenvalue weighted by atomic mass is 16.5. The van der Waals surface area contributed by atoms with E-state index in [4.69, 9.17) is 9.47 Å². The number of aryl methyl sites for hydroxylation is 1. The molecule has 0 unspecified atom stereocenters. The quantitative estimate of drug-likeness (QED) is 0.321. The van der Waals surface area contributed by atoms with E-state index >= 15 is 0 Å². The van der Waals surface area contributed by atoms with E-state index in [1.165, 1.54) is 11.8 Å². The maximum atomic E-state index is 11.9. The minimum Gasteiger partial charge on any atom is -0.493 e. The second kappa shape index (κ2) is 11.3. The van der Waals surface area contributed by atoms with Crippen LogP contribution in [0.4, 0.5) is 0 Å². The van der Waals surface area contributed by atoms with Gasteiger partial charge in [-0.25, -0.2) is 15.3 Å². The standard InChI is InChI=1S/C22H23N5O5/c1-31-19-13-16(7-9-18(19)32-12-11-15-5-3-2-4-6-15)14-23-26-20(28)10-8-17-21(29)24-22(30)27-25-17/h2-7,9,13-14H,8,10-12H2,1H3,(H,26,28)(H2,24,27,29,30)/b23-14+. The molecular weight excluding hydrogens is 414 g/mol. The summed E-state index contributed by atoms with van der Waals surface area (Å²) in [6.45, 7) is 0.511. The maximum Gasteiger partial charge on any atom is 0.342 e. The van der Waals surface area contributed by atoms with Gasteiger partial charge >= 0.3 is 5.69 Å². The van der Waals surface area contributed by atoms with Gasteiger partial charge in [-0.15, -0.1) is 0 Å². The van der Waals surface area contributed by atoms with Crippen LogP contribution in [0.25, 0.3) is 0 Å². The second-order valence-corrected chi connectivity index (χ2v) is 6.74. The molecule has 3 N–H and O–H groups in total. The maximum absolute atomic E-state index is 11.9. The highest BCUT2D eigenvalue weighted by Crippen LogP contribution is 2.27. The normalized spacial score (nSPS) is 10.8. The Morgan fingerprint density at radius 3 is 2.69 bits per heavy atom. The van der Waals surface area contributed by atoms with E-state index in [-0.39, 0.29) is 18.5 Å². The van der Waals surface area contributed by atoms with Crippen LogP contribution in [-0.2, 0) is 17.6 Å². The van der Waals surface area contributed by atoms with Crippen LogP contribution in [0.1, 0.15) is 23.2 Å². The van der Waals surface area contributed by atoms with Gasteiger partial charge in [0.05, 0.1) is 19.9 Å². The second-order valence-electron chi connectivity index (χ2n) is 6.74. The Labute approximate surface area is 183 Å². The lowest BCUT2D eigenvalue weighted by Crippen LogP contribution is -2.28. The van der Waals surface area contributed by atoms with Crippen molar-refractivity contribution < 1.29 is 14.3 Å². The van der Waals surface area contributed by atoms with Crippen LogP contribution in [0, 0.1) is 0 Å². The first kappa shape index (κ1) is 22.5. The third-order valence-electron chi connectivity index (χ3n) is 4.45. The smallest absolute Gasteiger partial charge is 0.342 e. The van der Waals surface area contributed by atoms with E-state index in [1.54, 1.807) is 25.3 Å². The zero-order valence-electron chi connectivity index (χ0n) is 17.5. The van der Waals surface area contributed by atoms with Crippen molar-refractivity contribution in [3.8, 4) is 11.5 Å². The fourth-order valence-corrected chi connectivity index (χ4v) is 2.82. The third kappa shape index (κ3) is 6.66. The first-order valence-corrected chi connectivity index (χ1v) is 9.89. The summed E-state index contributed by atoms with van der Waals surface area (Å²) in [6.07, 6.45) is 2.30. The number of nitrogens with zero attached hydrogens (tertiary/aromatic N) is 2. The minimum atomic E-state index is -0.698. The van der Waals surface area contributed by atoms with Crippen molar-refractivity contribution in [3.63, 3.8) is 0 Å². The van der Waals surface area contributed by atoms with Crippen molar-refractivity contribution in [3.05, 3.63) is 86.2 Å². The van der Waals surface area contributed by atoms with E-state index in [2.05, 4.69) is 25.7 Å².